The first-order valence-electron chi connectivity index (χ1n) is 0.859. The summed E-state index contributed by atoms with van der Waals surface area (Å²) in [6, 6.07) is 0. The van der Waals surface area contributed by atoms with Crippen LogP contribution in [0.25, 0.3) is 0 Å². The van der Waals surface area contributed by atoms with Crippen molar-refractivity contribution in [3.8, 4) is 0 Å². The van der Waals surface area contributed by atoms with Crippen molar-refractivity contribution in [2.24, 2.45) is 0 Å². The van der Waals surface area contributed by atoms with Crippen LogP contribution in [0.1, 0.15) is 7.43 Å². The van der Waals surface area contributed by atoms with E-state index < -0.39 is 4.92 Å². The molecular weight excluding hydrogens is 86.0 g/mol. The summed E-state index contributed by atoms with van der Waals surface area (Å²) in [5, 5.41) is 8.81. The SMILES string of the molecule is C.O=C[N+](=O)[O-]. The normalized spacial score (nSPS) is 5.33. The van der Waals surface area contributed by atoms with Crippen molar-refractivity contribution in [2.45, 2.75) is 7.43 Å². The van der Waals surface area contributed by atoms with E-state index in [0.717, 1.165) is 0 Å². The summed E-state index contributed by atoms with van der Waals surface area (Å²) in [6.07, 6.45) is -0.361. The molecule has 0 aliphatic heterocycles. The van der Waals surface area contributed by atoms with Crippen LogP contribution in [0.15, 0.2) is 0 Å². The lowest BCUT2D eigenvalue weighted by Crippen LogP contribution is -1.88. The second-order valence-corrected chi connectivity index (χ2v) is 0.391. The fourth-order valence-corrected chi connectivity index (χ4v) is 0. The molecule has 0 aliphatic carbocycles. The van der Waals surface area contributed by atoms with Crippen LogP contribution in [0, 0.1) is 10.1 Å². The van der Waals surface area contributed by atoms with Crippen LogP contribution in [0.3, 0.4) is 0 Å². The van der Waals surface area contributed by atoms with Gasteiger partial charge in [0, 0.05) is 0 Å². The molecule has 0 aromatic carbocycles. The fourth-order valence-electron chi connectivity index (χ4n) is 0. The van der Waals surface area contributed by atoms with Crippen LogP contribution in [-0.4, -0.2) is 11.3 Å². The third kappa shape index (κ3) is 11.5. The van der Waals surface area contributed by atoms with Gasteiger partial charge < -0.3 is 0 Å². The van der Waals surface area contributed by atoms with Gasteiger partial charge in [-0.15, -0.1) is 0 Å². The topological polar surface area (TPSA) is 60.2 Å². The molecule has 0 saturated heterocycles. The molecule has 0 aliphatic rings. The minimum atomic E-state index is -1.06. The van der Waals surface area contributed by atoms with Crippen molar-refractivity contribution in [1.82, 2.24) is 0 Å². The molecule has 0 rings (SSSR count). The van der Waals surface area contributed by atoms with Crippen LogP contribution >= 0.6 is 0 Å². The summed E-state index contributed by atoms with van der Waals surface area (Å²) < 4.78 is 0. The average Bonchev–Trinajstić information content (AvgIpc) is 1.38. The molecule has 0 bridgehead atoms. The Kier molecular flexibility index (Phi) is 6.04. The number of hydrogen-bond acceptors (Lipinski definition) is 3. The van der Waals surface area contributed by atoms with Gasteiger partial charge in [-0.1, -0.05) is 7.43 Å². The first-order chi connectivity index (χ1) is 2.27. The molecule has 0 heterocycles. The van der Waals surface area contributed by atoms with Gasteiger partial charge in [0.05, 0.1) is 4.92 Å². The Morgan fingerprint density at radius 3 is 1.83 bits per heavy atom. The van der Waals surface area contributed by atoms with Crippen LogP contribution < -0.4 is 0 Å². The van der Waals surface area contributed by atoms with E-state index in [1.54, 1.807) is 0 Å². The van der Waals surface area contributed by atoms with E-state index in [-0.39, 0.29) is 13.8 Å². The molecule has 0 radical (unpaired) electrons. The second-order valence-electron chi connectivity index (χ2n) is 0.391. The van der Waals surface area contributed by atoms with Crippen molar-refractivity contribution in [2.75, 3.05) is 0 Å². The maximum Gasteiger partial charge on any atom is 0.433 e. The molecule has 0 N–H and O–H groups in total. The van der Waals surface area contributed by atoms with Crippen molar-refractivity contribution < 1.29 is 9.72 Å². The van der Waals surface area contributed by atoms with Gasteiger partial charge in [0.15, 0.2) is 0 Å². The molecule has 0 saturated carbocycles. The number of carbonyl (C=O) groups excluding carboxylic acids is 1. The van der Waals surface area contributed by atoms with Crippen molar-refractivity contribution in [3.63, 3.8) is 0 Å². The Balaban J connectivity index is 0. The third-order valence-electron chi connectivity index (χ3n) is 0.0861. The van der Waals surface area contributed by atoms with Crippen LogP contribution in [0.4, 0.5) is 0 Å². The van der Waals surface area contributed by atoms with Gasteiger partial charge in [0.1, 0.15) is 0 Å². The van der Waals surface area contributed by atoms with E-state index in [4.69, 9.17) is 14.9 Å². The quantitative estimate of drug-likeness (QED) is 0.260. The Morgan fingerprint density at radius 2 is 1.83 bits per heavy atom. The first kappa shape index (κ1) is 8.91. The van der Waals surface area contributed by atoms with Gasteiger partial charge in [-0.05, 0) is 0 Å². The molecule has 0 atom stereocenters. The second kappa shape index (κ2) is 4.07. The highest BCUT2D eigenvalue weighted by atomic mass is 16.6. The Morgan fingerprint density at radius 1 is 1.67 bits per heavy atom. The van der Waals surface area contributed by atoms with E-state index in [0.29, 0.717) is 0 Å². The van der Waals surface area contributed by atoms with Gasteiger partial charge in [0.25, 0.3) is 0 Å². The molecule has 6 heavy (non-hydrogen) atoms. The van der Waals surface area contributed by atoms with E-state index in [2.05, 4.69) is 0 Å². The van der Waals surface area contributed by atoms with Crippen molar-refractivity contribution in [1.29, 1.82) is 0 Å². The third-order valence-corrected chi connectivity index (χ3v) is 0.0861. The lowest BCUT2D eigenvalue weighted by Gasteiger charge is -1.61. The largest absolute Gasteiger partial charge is 0.433 e. The van der Waals surface area contributed by atoms with E-state index in [1.165, 1.54) is 0 Å². The molecule has 0 fully saturated rings. The van der Waals surface area contributed by atoms with Gasteiger partial charge in [0.2, 0.25) is 0 Å². The first-order valence-corrected chi connectivity index (χ1v) is 0.859. The molecule has 1 amide bonds. The Hall–Kier alpha value is -0.930. The number of nitro groups is 1. The summed E-state index contributed by atoms with van der Waals surface area (Å²) >= 11 is 0. The van der Waals surface area contributed by atoms with Gasteiger partial charge in [-0.2, -0.15) is 0 Å². The van der Waals surface area contributed by atoms with E-state index >= 15 is 0 Å². The van der Waals surface area contributed by atoms with E-state index in [1.807, 2.05) is 0 Å². The minimum Gasteiger partial charge on any atom is -0.256 e. The summed E-state index contributed by atoms with van der Waals surface area (Å²) in [7, 11) is 0. The Labute approximate surface area is 34.9 Å². The summed E-state index contributed by atoms with van der Waals surface area (Å²) in [4.78, 5) is 16.6. The molecule has 4 heteroatoms. The molecule has 0 unspecified atom stereocenters. The lowest BCUT2D eigenvalue weighted by atomic mass is 11.5. The fraction of sp³-hybridized carbons (Fsp3) is 0.500. The smallest absolute Gasteiger partial charge is 0.256 e. The van der Waals surface area contributed by atoms with Gasteiger partial charge in [-0.3, -0.25) is 10.1 Å². The standard InChI is InChI=1S/CHNO3.CH4/c3-1-2(4)5;/h1H;1H4. The molecule has 0 aromatic heterocycles. The zero-order chi connectivity index (χ0) is 4.28. The minimum absolute atomic E-state index is 0. The Bertz CT molecular complexity index is 59.8. The zero-order valence-corrected chi connectivity index (χ0v) is 2.25. The monoisotopic (exact) mass is 91.0 g/mol. The maximum atomic E-state index is 8.81. The highest BCUT2D eigenvalue weighted by molar-refractivity contribution is 5.33. The predicted octanol–water partition coefficient (Wildman–Crippen LogP) is 0.0556. The lowest BCUT2D eigenvalue weighted by molar-refractivity contribution is -0.383. The van der Waals surface area contributed by atoms with Gasteiger partial charge >= 0.3 is 6.41 Å². The number of carbonyl (C=O) groups is 1. The number of nitrogens with zero attached hydrogens (tertiary/aromatic N) is 1. The number of hydrogen-bond donors (Lipinski definition) is 0. The van der Waals surface area contributed by atoms with Crippen molar-refractivity contribution >= 4 is 6.41 Å². The zero-order valence-electron chi connectivity index (χ0n) is 2.25. The number of rotatable bonds is 1. The summed E-state index contributed by atoms with van der Waals surface area (Å²) in [5.41, 5.74) is 0. The van der Waals surface area contributed by atoms with Crippen LogP contribution in [-0.2, 0) is 4.79 Å². The molecule has 36 valence electrons. The van der Waals surface area contributed by atoms with E-state index in [9.17, 15) is 0 Å². The molecule has 0 aromatic rings. The molecular formula is C2H5NO3. The summed E-state index contributed by atoms with van der Waals surface area (Å²) in [6.45, 7) is 0. The number of amides is 1. The predicted molar refractivity (Wildman–Crippen MR) is 19.8 cm³/mol. The van der Waals surface area contributed by atoms with Crippen molar-refractivity contribution in [3.05, 3.63) is 10.1 Å². The highest BCUT2D eigenvalue weighted by Crippen LogP contribution is 1.44. The average molecular weight is 91.1 g/mol. The maximum absolute atomic E-state index is 8.81. The molecule has 4 nitrogen and oxygen atoms in total. The van der Waals surface area contributed by atoms with Crippen LogP contribution in [0.5, 0.6) is 0 Å². The van der Waals surface area contributed by atoms with Crippen LogP contribution in [0.2, 0.25) is 0 Å². The summed E-state index contributed by atoms with van der Waals surface area (Å²) in [5.74, 6) is 0. The van der Waals surface area contributed by atoms with Gasteiger partial charge in [-0.25, -0.2) is 4.79 Å². The molecule has 0 spiro atoms. The highest BCUT2D eigenvalue weighted by Gasteiger charge is 1.77.